The number of halogens is 1. The molecule has 114 valence electrons. The van der Waals surface area contributed by atoms with Crippen molar-refractivity contribution in [3.05, 3.63) is 29.8 Å². The van der Waals surface area contributed by atoms with Gasteiger partial charge in [0, 0.05) is 18.8 Å². The van der Waals surface area contributed by atoms with Crippen LogP contribution in [-0.4, -0.2) is 38.2 Å². The number of hydrogen-bond donors (Lipinski definition) is 2. The van der Waals surface area contributed by atoms with Crippen molar-refractivity contribution in [2.75, 3.05) is 32.2 Å². The molecule has 0 radical (unpaired) electrons. The van der Waals surface area contributed by atoms with E-state index in [0.717, 1.165) is 36.1 Å². The van der Waals surface area contributed by atoms with E-state index in [4.69, 9.17) is 4.74 Å². The molecule has 0 aliphatic carbocycles. The van der Waals surface area contributed by atoms with Crippen molar-refractivity contribution in [1.82, 2.24) is 10.6 Å². The van der Waals surface area contributed by atoms with Gasteiger partial charge in [-0.05, 0) is 30.9 Å². The minimum Gasteiger partial charge on any atom is -0.497 e. The molecule has 20 heavy (non-hydrogen) atoms. The van der Waals surface area contributed by atoms with Gasteiger partial charge in [-0.25, -0.2) is 4.99 Å². The lowest BCUT2D eigenvalue weighted by Crippen LogP contribution is -2.38. The molecule has 0 fully saturated rings. The van der Waals surface area contributed by atoms with Crippen LogP contribution in [0.2, 0.25) is 0 Å². The van der Waals surface area contributed by atoms with Gasteiger partial charge in [-0.15, -0.1) is 24.0 Å². The molecular weight excluding hydrogens is 385 g/mol. The van der Waals surface area contributed by atoms with Crippen LogP contribution in [-0.2, 0) is 6.54 Å². The van der Waals surface area contributed by atoms with Gasteiger partial charge < -0.3 is 15.4 Å². The first-order chi connectivity index (χ1) is 9.30. The van der Waals surface area contributed by atoms with Crippen molar-refractivity contribution >= 4 is 41.7 Å². The molecule has 1 rings (SSSR count). The summed E-state index contributed by atoms with van der Waals surface area (Å²) in [6, 6.07) is 7.99. The Morgan fingerprint density at radius 1 is 1.35 bits per heavy atom. The molecule has 2 N–H and O–H groups in total. The van der Waals surface area contributed by atoms with Gasteiger partial charge in [-0.1, -0.05) is 12.1 Å². The fraction of sp³-hybridized carbons (Fsp3) is 0.500. The summed E-state index contributed by atoms with van der Waals surface area (Å²) in [6.07, 6.45) is 2.10. The molecule has 0 aliphatic rings. The van der Waals surface area contributed by atoms with Gasteiger partial charge >= 0.3 is 0 Å². The van der Waals surface area contributed by atoms with Crippen LogP contribution in [0.15, 0.2) is 29.3 Å². The predicted molar refractivity (Wildman–Crippen MR) is 99.6 cm³/mol. The van der Waals surface area contributed by atoms with Crippen LogP contribution in [0.1, 0.15) is 12.5 Å². The van der Waals surface area contributed by atoms with Crippen molar-refractivity contribution in [2.45, 2.75) is 13.5 Å². The number of thioether (sulfide) groups is 1. The fourth-order valence-corrected chi connectivity index (χ4v) is 1.86. The molecule has 0 aliphatic heterocycles. The molecular formula is C14H24IN3OS. The fourth-order valence-electron chi connectivity index (χ4n) is 1.55. The Kier molecular flexibility index (Phi) is 11.8. The van der Waals surface area contributed by atoms with Crippen molar-refractivity contribution in [1.29, 1.82) is 0 Å². The van der Waals surface area contributed by atoms with E-state index in [1.165, 1.54) is 0 Å². The maximum atomic E-state index is 5.21. The lowest BCUT2D eigenvalue weighted by molar-refractivity contribution is 0.414. The zero-order valence-corrected chi connectivity index (χ0v) is 15.5. The van der Waals surface area contributed by atoms with Crippen LogP contribution >= 0.6 is 35.7 Å². The van der Waals surface area contributed by atoms with Crippen LogP contribution in [0.25, 0.3) is 0 Å². The third-order valence-electron chi connectivity index (χ3n) is 2.50. The van der Waals surface area contributed by atoms with E-state index in [2.05, 4.69) is 34.9 Å². The summed E-state index contributed by atoms with van der Waals surface area (Å²) in [5.74, 6) is 2.80. The van der Waals surface area contributed by atoms with Gasteiger partial charge in [0.25, 0.3) is 0 Å². The standard InChI is InChI=1S/C14H23N3OS.HI/c1-4-15-14(16-8-9-19-3)17-11-12-6-5-7-13(10-12)18-2;/h5-7,10H,4,8-9,11H2,1-3H3,(H2,15,16,17);1H. The predicted octanol–water partition coefficient (Wildman–Crippen LogP) is 2.73. The zero-order valence-electron chi connectivity index (χ0n) is 12.3. The number of ether oxygens (including phenoxy) is 1. The molecule has 0 atom stereocenters. The van der Waals surface area contributed by atoms with E-state index < -0.39 is 0 Å². The smallest absolute Gasteiger partial charge is 0.191 e. The number of aliphatic imine (C=N–C) groups is 1. The van der Waals surface area contributed by atoms with Crippen LogP contribution in [0.3, 0.4) is 0 Å². The highest BCUT2D eigenvalue weighted by atomic mass is 127. The van der Waals surface area contributed by atoms with Gasteiger partial charge in [-0.3, -0.25) is 0 Å². The van der Waals surface area contributed by atoms with Crippen LogP contribution in [0.5, 0.6) is 5.75 Å². The Morgan fingerprint density at radius 2 is 2.15 bits per heavy atom. The Morgan fingerprint density at radius 3 is 2.80 bits per heavy atom. The van der Waals surface area contributed by atoms with Gasteiger partial charge in [0.05, 0.1) is 13.7 Å². The van der Waals surface area contributed by atoms with E-state index in [1.54, 1.807) is 7.11 Å². The third-order valence-corrected chi connectivity index (χ3v) is 3.11. The average molecular weight is 409 g/mol. The number of methoxy groups -OCH3 is 1. The molecule has 0 bridgehead atoms. The molecule has 0 saturated heterocycles. The molecule has 1 aromatic carbocycles. The van der Waals surface area contributed by atoms with Gasteiger partial charge in [0.1, 0.15) is 5.75 Å². The maximum Gasteiger partial charge on any atom is 0.191 e. The number of benzene rings is 1. The summed E-state index contributed by atoms with van der Waals surface area (Å²) in [7, 11) is 1.68. The normalized spacial score (nSPS) is 10.7. The Hall–Kier alpha value is -0.630. The second-order valence-corrected chi connectivity index (χ2v) is 4.95. The minimum atomic E-state index is 0. The molecule has 0 aromatic heterocycles. The highest BCUT2D eigenvalue weighted by molar-refractivity contribution is 14.0. The third kappa shape index (κ3) is 7.84. The van der Waals surface area contributed by atoms with Gasteiger partial charge in [0.15, 0.2) is 5.96 Å². The number of nitrogens with one attached hydrogen (secondary N) is 2. The first-order valence-electron chi connectivity index (χ1n) is 6.44. The number of rotatable bonds is 7. The maximum absolute atomic E-state index is 5.21. The van der Waals surface area contributed by atoms with E-state index in [-0.39, 0.29) is 24.0 Å². The summed E-state index contributed by atoms with van der Waals surface area (Å²) in [6.45, 7) is 4.50. The Balaban J connectivity index is 0.00000361. The molecule has 4 nitrogen and oxygen atoms in total. The highest BCUT2D eigenvalue weighted by Gasteiger charge is 1.98. The quantitative estimate of drug-likeness (QED) is 0.315. The second-order valence-electron chi connectivity index (χ2n) is 3.97. The van der Waals surface area contributed by atoms with Crippen molar-refractivity contribution in [3.63, 3.8) is 0 Å². The minimum absolute atomic E-state index is 0. The Bertz CT molecular complexity index is 402. The molecule has 0 unspecified atom stereocenters. The molecule has 0 saturated carbocycles. The molecule has 1 aromatic rings. The van der Waals surface area contributed by atoms with Gasteiger partial charge in [-0.2, -0.15) is 11.8 Å². The van der Waals surface area contributed by atoms with Crippen LogP contribution in [0, 0.1) is 0 Å². The lowest BCUT2D eigenvalue weighted by Gasteiger charge is -2.10. The van der Waals surface area contributed by atoms with Crippen molar-refractivity contribution in [3.8, 4) is 5.75 Å². The molecule has 6 heteroatoms. The summed E-state index contributed by atoms with van der Waals surface area (Å²) >= 11 is 1.82. The molecule has 0 spiro atoms. The van der Waals surface area contributed by atoms with E-state index >= 15 is 0 Å². The average Bonchev–Trinajstić information content (AvgIpc) is 2.45. The summed E-state index contributed by atoms with van der Waals surface area (Å²) in [5.41, 5.74) is 1.14. The molecule has 0 amide bonds. The summed E-state index contributed by atoms with van der Waals surface area (Å²) in [4.78, 5) is 4.56. The van der Waals surface area contributed by atoms with Gasteiger partial charge in [0.2, 0.25) is 0 Å². The summed E-state index contributed by atoms with van der Waals surface area (Å²) < 4.78 is 5.21. The lowest BCUT2D eigenvalue weighted by atomic mass is 10.2. The number of nitrogens with zero attached hydrogens (tertiary/aromatic N) is 1. The van der Waals surface area contributed by atoms with Crippen molar-refractivity contribution in [2.24, 2.45) is 4.99 Å². The Labute approximate surface area is 143 Å². The largest absolute Gasteiger partial charge is 0.497 e. The zero-order chi connectivity index (χ0) is 13.9. The second kappa shape index (κ2) is 12.1. The summed E-state index contributed by atoms with van der Waals surface area (Å²) in [5, 5.41) is 6.55. The first kappa shape index (κ1) is 19.4. The SMILES string of the molecule is CCNC(=NCc1cccc(OC)c1)NCCSC.I. The molecule has 0 heterocycles. The highest BCUT2D eigenvalue weighted by Crippen LogP contribution is 2.12. The van der Waals surface area contributed by atoms with Crippen molar-refractivity contribution < 1.29 is 4.74 Å². The monoisotopic (exact) mass is 409 g/mol. The number of guanidine groups is 1. The van der Waals surface area contributed by atoms with Crippen LogP contribution in [0.4, 0.5) is 0 Å². The van der Waals surface area contributed by atoms with E-state index in [9.17, 15) is 0 Å². The van der Waals surface area contributed by atoms with E-state index in [1.807, 2.05) is 30.0 Å². The number of hydrogen-bond acceptors (Lipinski definition) is 3. The van der Waals surface area contributed by atoms with Crippen LogP contribution < -0.4 is 15.4 Å². The topological polar surface area (TPSA) is 45.7 Å². The van der Waals surface area contributed by atoms with E-state index in [0.29, 0.717) is 6.54 Å². The first-order valence-corrected chi connectivity index (χ1v) is 7.83.